The van der Waals surface area contributed by atoms with Crippen molar-refractivity contribution in [1.82, 2.24) is 10.2 Å². The van der Waals surface area contributed by atoms with Crippen molar-refractivity contribution in [2.24, 2.45) is 0 Å². The van der Waals surface area contributed by atoms with Crippen LogP contribution < -0.4 is 5.32 Å². The zero-order valence-corrected chi connectivity index (χ0v) is 15.7. The summed E-state index contributed by atoms with van der Waals surface area (Å²) in [5, 5.41) is 11.0. The molecule has 1 aliphatic carbocycles. The molecule has 3 rings (SSSR count). The van der Waals surface area contributed by atoms with E-state index >= 15 is 0 Å². The van der Waals surface area contributed by atoms with Crippen LogP contribution in [0.4, 0.5) is 0 Å². The van der Waals surface area contributed by atoms with Crippen molar-refractivity contribution in [3.8, 4) is 0 Å². The topological polar surface area (TPSA) is 86.7 Å². The Morgan fingerprint density at radius 2 is 1.89 bits per heavy atom. The molecule has 0 bridgehead atoms. The number of carboxylic acids is 1. The predicted molar refractivity (Wildman–Crippen MR) is 101 cm³/mol. The van der Waals surface area contributed by atoms with Gasteiger partial charge in [-0.1, -0.05) is 29.8 Å². The summed E-state index contributed by atoms with van der Waals surface area (Å²) in [4.78, 5) is 36.7. The second-order valence-electron chi connectivity index (χ2n) is 7.36. The molecule has 0 unspecified atom stereocenters. The van der Waals surface area contributed by atoms with Crippen LogP contribution in [0.3, 0.4) is 0 Å². The van der Waals surface area contributed by atoms with Gasteiger partial charge in [-0.05, 0) is 43.7 Å². The van der Waals surface area contributed by atoms with Gasteiger partial charge in [0, 0.05) is 18.7 Å². The molecule has 1 saturated carbocycles. The van der Waals surface area contributed by atoms with Crippen LogP contribution in [0.15, 0.2) is 35.5 Å². The molecular weight excluding hydrogens is 344 g/mol. The number of rotatable bonds is 8. The van der Waals surface area contributed by atoms with Gasteiger partial charge in [0.2, 0.25) is 5.91 Å². The van der Waals surface area contributed by atoms with E-state index in [2.05, 4.69) is 10.2 Å². The molecule has 1 amide bonds. The van der Waals surface area contributed by atoms with Crippen LogP contribution in [0.5, 0.6) is 0 Å². The number of nitrogens with zero attached hydrogens (tertiary/aromatic N) is 1. The Labute approximate surface area is 159 Å². The lowest BCUT2D eigenvalue weighted by Gasteiger charge is -2.28. The van der Waals surface area contributed by atoms with Crippen LogP contribution >= 0.6 is 0 Å². The lowest BCUT2D eigenvalue weighted by Crippen LogP contribution is -2.35. The van der Waals surface area contributed by atoms with E-state index < -0.39 is 5.97 Å². The molecule has 2 aliphatic rings. The first kappa shape index (κ1) is 19.1. The highest BCUT2D eigenvalue weighted by molar-refractivity contribution is 5.83. The number of carbonyl (C=O) groups is 3. The van der Waals surface area contributed by atoms with Crippen molar-refractivity contribution < 1.29 is 19.5 Å². The molecule has 1 aromatic carbocycles. The molecule has 1 atom stereocenters. The van der Waals surface area contributed by atoms with Gasteiger partial charge in [0.1, 0.15) is 6.54 Å². The number of carbonyl (C=O) groups excluding carboxylic acids is 2. The summed E-state index contributed by atoms with van der Waals surface area (Å²) in [6, 6.07) is 7.85. The van der Waals surface area contributed by atoms with Gasteiger partial charge in [-0.15, -0.1) is 0 Å². The van der Waals surface area contributed by atoms with Gasteiger partial charge in [0.15, 0.2) is 5.78 Å². The van der Waals surface area contributed by atoms with Crippen LogP contribution in [0.1, 0.15) is 43.7 Å². The number of hydrogen-bond donors (Lipinski definition) is 2. The highest BCUT2D eigenvalue weighted by atomic mass is 16.4. The number of amides is 1. The predicted octanol–water partition coefficient (Wildman–Crippen LogP) is 2.07. The van der Waals surface area contributed by atoms with Crippen LogP contribution in [0.25, 0.3) is 0 Å². The number of benzene rings is 1. The van der Waals surface area contributed by atoms with Crippen LogP contribution in [-0.2, 0) is 27.2 Å². The molecule has 144 valence electrons. The third-order valence-electron chi connectivity index (χ3n) is 5.14. The van der Waals surface area contributed by atoms with Crippen molar-refractivity contribution in [3.05, 3.63) is 46.7 Å². The molecule has 27 heavy (non-hydrogen) atoms. The quantitative estimate of drug-likeness (QED) is 0.732. The van der Waals surface area contributed by atoms with Gasteiger partial charge < -0.3 is 15.3 Å². The SMILES string of the molecule is CC(=O)[C@@H]1CCCN1C(Cc1cccc(CC(=O)NCC(=O)O)c1)=C1CC1. The number of nitrogens with one attached hydrogen (secondary N) is 1. The average Bonchev–Trinajstić information content (AvgIpc) is 3.34. The normalized spacial score (nSPS) is 18.3. The second-order valence-corrected chi connectivity index (χ2v) is 7.36. The molecule has 6 heteroatoms. The molecule has 6 nitrogen and oxygen atoms in total. The fraction of sp³-hybridized carbons (Fsp3) is 0.476. The van der Waals surface area contributed by atoms with E-state index in [1.165, 1.54) is 11.3 Å². The molecule has 1 aromatic rings. The molecule has 0 radical (unpaired) electrons. The fourth-order valence-corrected chi connectivity index (χ4v) is 3.76. The van der Waals surface area contributed by atoms with Crippen molar-refractivity contribution in [3.63, 3.8) is 0 Å². The number of likely N-dealkylation sites (tertiary alicyclic amines) is 1. The minimum absolute atomic E-state index is 0.00178. The van der Waals surface area contributed by atoms with E-state index in [0.29, 0.717) is 0 Å². The molecule has 1 heterocycles. The van der Waals surface area contributed by atoms with E-state index in [4.69, 9.17) is 5.11 Å². The first-order valence-corrected chi connectivity index (χ1v) is 9.48. The van der Waals surface area contributed by atoms with E-state index in [1.54, 1.807) is 6.92 Å². The van der Waals surface area contributed by atoms with E-state index in [9.17, 15) is 14.4 Å². The minimum Gasteiger partial charge on any atom is -0.480 e. The highest BCUT2D eigenvalue weighted by Gasteiger charge is 2.33. The van der Waals surface area contributed by atoms with Crippen molar-refractivity contribution >= 4 is 17.7 Å². The van der Waals surface area contributed by atoms with Crippen LogP contribution in [0.2, 0.25) is 0 Å². The van der Waals surface area contributed by atoms with Gasteiger partial charge in [0.25, 0.3) is 0 Å². The number of carboxylic acid groups (broad SMARTS) is 1. The highest BCUT2D eigenvalue weighted by Crippen LogP contribution is 2.37. The number of Topliss-reactive ketones (excluding diaryl/α,β-unsaturated/α-hetero) is 1. The summed E-state index contributed by atoms with van der Waals surface area (Å²) in [5.41, 5.74) is 4.69. The standard InChI is InChI=1S/C21H26N2O4/c1-14(24)18-6-3-9-23(18)19(17-7-8-17)11-15-4-2-5-16(10-15)12-20(25)22-13-21(26)27/h2,4-5,10,18H,3,6-9,11-13H2,1H3,(H,22,25)(H,26,27)/t18-/m0/s1. The summed E-state index contributed by atoms with van der Waals surface area (Å²) >= 11 is 0. The van der Waals surface area contributed by atoms with Crippen LogP contribution in [0, 0.1) is 0 Å². The first-order valence-electron chi connectivity index (χ1n) is 9.48. The maximum atomic E-state index is 12.0. The minimum atomic E-state index is -1.05. The largest absolute Gasteiger partial charge is 0.480 e. The maximum Gasteiger partial charge on any atom is 0.322 e. The Morgan fingerprint density at radius 3 is 2.52 bits per heavy atom. The Balaban J connectivity index is 1.69. The van der Waals surface area contributed by atoms with Crippen LogP contribution in [-0.4, -0.2) is 46.8 Å². The third kappa shape index (κ3) is 5.18. The molecule has 2 fully saturated rings. The Hall–Kier alpha value is -2.63. The first-order chi connectivity index (χ1) is 12.9. The van der Waals surface area contributed by atoms with Crippen molar-refractivity contribution in [2.45, 2.75) is 51.5 Å². The fourth-order valence-electron chi connectivity index (χ4n) is 3.76. The Kier molecular flexibility index (Phi) is 5.94. The summed E-state index contributed by atoms with van der Waals surface area (Å²) in [7, 11) is 0. The maximum absolute atomic E-state index is 12.0. The number of allylic oxidation sites excluding steroid dienone is 2. The molecule has 0 spiro atoms. The van der Waals surface area contributed by atoms with Gasteiger partial charge >= 0.3 is 5.97 Å². The Morgan fingerprint density at radius 1 is 1.19 bits per heavy atom. The summed E-state index contributed by atoms with van der Waals surface area (Å²) in [6.07, 6.45) is 5.11. The Bertz CT molecular complexity index is 778. The monoisotopic (exact) mass is 370 g/mol. The molecule has 2 N–H and O–H groups in total. The lowest BCUT2D eigenvalue weighted by molar-refractivity contribution is -0.137. The van der Waals surface area contributed by atoms with E-state index in [0.717, 1.165) is 49.8 Å². The van der Waals surface area contributed by atoms with Crippen molar-refractivity contribution in [2.75, 3.05) is 13.1 Å². The van der Waals surface area contributed by atoms with Gasteiger partial charge in [-0.2, -0.15) is 0 Å². The van der Waals surface area contributed by atoms with Gasteiger partial charge in [-0.25, -0.2) is 0 Å². The zero-order chi connectivity index (χ0) is 19.4. The zero-order valence-electron chi connectivity index (χ0n) is 15.7. The average molecular weight is 370 g/mol. The number of hydrogen-bond acceptors (Lipinski definition) is 4. The number of ketones is 1. The smallest absolute Gasteiger partial charge is 0.322 e. The van der Waals surface area contributed by atoms with E-state index in [1.807, 2.05) is 24.3 Å². The third-order valence-corrected chi connectivity index (χ3v) is 5.14. The van der Waals surface area contributed by atoms with Gasteiger partial charge in [-0.3, -0.25) is 14.4 Å². The second kappa shape index (κ2) is 8.37. The molecular formula is C21H26N2O4. The molecule has 1 aliphatic heterocycles. The summed E-state index contributed by atoms with van der Waals surface area (Å²) in [6.45, 7) is 2.24. The number of aliphatic carboxylic acids is 1. The van der Waals surface area contributed by atoms with E-state index in [-0.39, 0.29) is 30.7 Å². The molecule has 0 aromatic heterocycles. The summed E-state index contributed by atoms with van der Waals surface area (Å²) < 4.78 is 0. The lowest BCUT2D eigenvalue weighted by atomic mass is 10.0. The molecule has 1 saturated heterocycles. The summed E-state index contributed by atoms with van der Waals surface area (Å²) in [5.74, 6) is -1.12. The van der Waals surface area contributed by atoms with Crippen molar-refractivity contribution in [1.29, 1.82) is 0 Å². The van der Waals surface area contributed by atoms with Gasteiger partial charge in [0.05, 0.1) is 12.5 Å².